The van der Waals surface area contributed by atoms with Crippen LogP contribution < -0.4 is 9.46 Å². The predicted octanol–water partition coefficient (Wildman–Crippen LogP) is 0.736. The third kappa shape index (κ3) is 5.81. The van der Waals surface area contributed by atoms with Gasteiger partial charge in [-0.05, 0) is 30.5 Å². The summed E-state index contributed by atoms with van der Waals surface area (Å²) in [6, 6.07) is 3.64. The molecule has 0 aliphatic rings. The molecule has 2 unspecified atom stereocenters. The molecule has 2 rings (SSSR count). The summed E-state index contributed by atoms with van der Waals surface area (Å²) in [6.07, 6.45) is 5.46. The molecule has 144 valence electrons. The summed E-state index contributed by atoms with van der Waals surface area (Å²) in [5, 5.41) is -2.22. The maximum atomic E-state index is 13.1. The molecule has 0 amide bonds. The van der Waals surface area contributed by atoms with Crippen molar-refractivity contribution in [2.45, 2.75) is 31.3 Å². The molecule has 1 heterocycles. The van der Waals surface area contributed by atoms with Crippen molar-refractivity contribution in [1.82, 2.24) is 4.57 Å². The number of imidazole rings is 1. The minimum atomic E-state index is -5.23. The highest BCUT2D eigenvalue weighted by molar-refractivity contribution is 7.70. The molecule has 8 nitrogen and oxygen atoms in total. The number of benzene rings is 1. The van der Waals surface area contributed by atoms with Crippen LogP contribution in [0.1, 0.15) is 12.0 Å². The summed E-state index contributed by atoms with van der Waals surface area (Å²) < 4.78 is 51.3. The zero-order valence-electron chi connectivity index (χ0n) is 13.5. The van der Waals surface area contributed by atoms with Crippen molar-refractivity contribution in [2.75, 3.05) is 0 Å². The second-order valence-corrected chi connectivity index (χ2v) is 9.79. The van der Waals surface area contributed by atoms with Gasteiger partial charge in [-0.15, -0.1) is 0 Å². The number of halogens is 2. The van der Waals surface area contributed by atoms with Gasteiger partial charge >= 0.3 is 7.60 Å². The normalized spacial score (nSPS) is 15.6. The average molecular weight is 410 g/mol. The Labute approximate surface area is 148 Å². The molecule has 0 bridgehead atoms. The highest BCUT2D eigenvalue weighted by atomic mass is 31.2. The third-order valence-corrected chi connectivity index (χ3v) is 7.39. The van der Waals surface area contributed by atoms with Gasteiger partial charge in [0.25, 0.3) is 0 Å². The SMILES string of the molecule is O=P([O-])(O)C(C[n+]1ccn(CCCc2ccc(F)c(F)c2)c1)P(=O)(O)O. The van der Waals surface area contributed by atoms with Gasteiger partial charge in [0.15, 0.2) is 24.6 Å². The molecule has 2 aromatic rings. The van der Waals surface area contributed by atoms with Crippen molar-refractivity contribution < 1.29 is 42.1 Å². The number of hydrogen-bond donors (Lipinski definition) is 3. The maximum Gasteiger partial charge on any atom is 0.341 e. The minimum absolute atomic E-state index is 0.459. The number of nitrogens with zero attached hydrogens (tertiary/aromatic N) is 2. The average Bonchev–Trinajstić information content (AvgIpc) is 2.94. The zero-order chi connectivity index (χ0) is 19.5. The van der Waals surface area contributed by atoms with Crippen LogP contribution in [-0.2, 0) is 28.6 Å². The maximum absolute atomic E-state index is 13.1. The lowest BCUT2D eigenvalue weighted by molar-refractivity contribution is -0.694. The van der Waals surface area contributed by atoms with Gasteiger partial charge in [-0.25, -0.2) is 17.9 Å². The quantitative estimate of drug-likeness (QED) is 0.435. The molecule has 2 atom stereocenters. The van der Waals surface area contributed by atoms with Crippen LogP contribution in [0.15, 0.2) is 36.9 Å². The first kappa shape index (κ1) is 20.9. The van der Waals surface area contributed by atoms with Gasteiger partial charge in [0.1, 0.15) is 18.9 Å². The Balaban J connectivity index is 1.95. The Morgan fingerprint density at radius 3 is 2.46 bits per heavy atom. The summed E-state index contributed by atoms with van der Waals surface area (Å²) in [5.74, 6) is -1.84. The van der Waals surface area contributed by atoms with Crippen molar-refractivity contribution in [3.8, 4) is 0 Å². The molecule has 0 saturated heterocycles. The van der Waals surface area contributed by atoms with E-state index in [1.807, 2.05) is 0 Å². The molecule has 0 spiro atoms. The Morgan fingerprint density at radius 2 is 1.88 bits per heavy atom. The summed E-state index contributed by atoms with van der Waals surface area (Å²) in [4.78, 5) is 38.4. The van der Waals surface area contributed by atoms with Crippen LogP contribution in [0.5, 0.6) is 0 Å². The first-order chi connectivity index (χ1) is 12.0. The van der Waals surface area contributed by atoms with E-state index in [1.165, 1.54) is 23.2 Å². The predicted molar refractivity (Wildman–Crippen MR) is 85.0 cm³/mol. The van der Waals surface area contributed by atoms with E-state index >= 15 is 0 Å². The van der Waals surface area contributed by atoms with E-state index in [0.29, 0.717) is 24.9 Å². The molecule has 0 aliphatic carbocycles. The first-order valence-corrected chi connectivity index (χ1v) is 10.9. The lowest BCUT2D eigenvalue weighted by atomic mass is 10.1. The highest BCUT2D eigenvalue weighted by Gasteiger charge is 2.39. The molecule has 1 aromatic carbocycles. The molecule has 0 fully saturated rings. The molecular formula is C14H18F2N2O6P2. The third-order valence-electron chi connectivity index (χ3n) is 3.75. The van der Waals surface area contributed by atoms with Gasteiger partial charge < -0.3 is 24.1 Å². The van der Waals surface area contributed by atoms with Gasteiger partial charge in [0, 0.05) is 0 Å². The van der Waals surface area contributed by atoms with Crippen LogP contribution in [0.2, 0.25) is 0 Å². The van der Waals surface area contributed by atoms with E-state index in [4.69, 9.17) is 14.7 Å². The van der Waals surface area contributed by atoms with Crippen molar-refractivity contribution in [1.29, 1.82) is 0 Å². The Bertz CT molecular complexity index is 841. The van der Waals surface area contributed by atoms with Gasteiger partial charge in [0.05, 0.1) is 6.54 Å². The summed E-state index contributed by atoms with van der Waals surface area (Å²) in [6.45, 7) is -0.140. The van der Waals surface area contributed by atoms with E-state index < -0.39 is 38.8 Å². The largest absolute Gasteiger partial charge is 0.778 e. The Hall–Kier alpha value is -1.41. The van der Waals surface area contributed by atoms with E-state index in [2.05, 4.69) is 0 Å². The van der Waals surface area contributed by atoms with Gasteiger partial charge in [-0.3, -0.25) is 4.57 Å². The molecule has 26 heavy (non-hydrogen) atoms. The minimum Gasteiger partial charge on any atom is -0.778 e. The number of hydrogen-bond acceptors (Lipinski definition) is 3. The van der Waals surface area contributed by atoms with Gasteiger partial charge in [-0.1, -0.05) is 6.07 Å². The van der Waals surface area contributed by atoms with Crippen LogP contribution in [0.3, 0.4) is 0 Å². The fourth-order valence-corrected chi connectivity index (χ4v) is 4.75. The van der Waals surface area contributed by atoms with Crippen LogP contribution >= 0.6 is 15.2 Å². The van der Waals surface area contributed by atoms with Crippen molar-refractivity contribution in [3.05, 3.63) is 54.1 Å². The number of aryl methyl sites for hydroxylation is 2. The number of rotatable bonds is 8. The van der Waals surface area contributed by atoms with Crippen molar-refractivity contribution >= 4 is 15.2 Å². The standard InChI is InChI=1S/C14H18F2N2O6P2/c15-12-4-3-11(8-13(12)16)2-1-5-17-6-7-18(10-17)9-14(25(19,20)21)26(22,23)24/h3-4,6-8,10,14H,1-2,5,9H2,(H3-,19,20,21,22,23,24). The monoisotopic (exact) mass is 410 g/mol. The van der Waals surface area contributed by atoms with E-state index in [1.54, 1.807) is 10.8 Å². The first-order valence-electron chi connectivity index (χ1n) is 7.54. The fraction of sp³-hybridized carbons (Fsp3) is 0.357. The lowest BCUT2D eigenvalue weighted by Gasteiger charge is -2.25. The van der Waals surface area contributed by atoms with Crippen LogP contribution in [0, 0.1) is 11.6 Å². The number of aromatic nitrogens is 2. The second-order valence-electron chi connectivity index (χ2n) is 5.83. The molecule has 0 saturated carbocycles. The van der Waals surface area contributed by atoms with Crippen LogP contribution in [-0.4, -0.2) is 24.6 Å². The summed E-state index contributed by atoms with van der Waals surface area (Å²) >= 11 is 0. The second kappa shape index (κ2) is 8.08. The highest BCUT2D eigenvalue weighted by Crippen LogP contribution is 2.57. The molecule has 1 aromatic heterocycles. The molecule has 0 radical (unpaired) electrons. The zero-order valence-corrected chi connectivity index (χ0v) is 15.3. The van der Waals surface area contributed by atoms with Gasteiger partial charge in [-0.2, -0.15) is 0 Å². The molecule has 0 aliphatic heterocycles. The Morgan fingerprint density at radius 1 is 1.19 bits per heavy atom. The molecule has 3 N–H and O–H groups in total. The van der Waals surface area contributed by atoms with Crippen molar-refractivity contribution in [3.63, 3.8) is 0 Å². The van der Waals surface area contributed by atoms with Crippen LogP contribution in [0.4, 0.5) is 8.78 Å². The van der Waals surface area contributed by atoms with Crippen LogP contribution in [0.25, 0.3) is 0 Å². The van der Waals surface area contributed by atoms with E-state index in [0.717, 1.165) is 12.1 Å². The topological polar surface area (TPSA) is 127 Å². The smallest absolute Gasteiger partial charge is 0.341 e. The molecule has 12 heteroatoms. The van der Waals surface area contributed by atoms with E-state index in [9.17, 15) is 22.8 Å². The van der Waals surface area contributed by atoms with Crippen molar-refractivity contribution in [2.24, 2.45) is 0 Å². The summed E-state index contributed by atoms with van der Waals surface area (Å²) in [7, 11) is -10.3. The molecular weight excluding hydrogens is 392 g/mol. The summed E-state index contributed by atoms with van der Waals surface area (Å²) in [5.41, 5.74) is 0.623. The lowest BCUT2D eigenvalue weighted by Crippen LogP contribution is -2.39. The van der Waals surface area contributed by atoms with E-state index in [-0.39, 0.29) is 0 Å². The Kier molecular flexibility index (Phi) is 6.50. The fourth-order valence-electron chi connectivity index (χ4n) is 2.43. The van der Waals surface area contributed by atoms with Gasteiger partial charge in [0.2, 0.25) is 6.33 Å².